The summed E-state index contributed by atoms with van der Waals surface area (Å²) < 4.78 is 0. The van der Waals surface area contributed by atoms with Gasteiger partial charge in [-0.15, -0.1) is 0 Å². The van der Waals surface area contributed by atoms with Gasteiger partial charge in [-0.3, -0.25) is 4.79 Å². The van der Waals surface area contributed by atoms with Crippen molar-refractivity contribution in [3.8, 4) is 0 Å². The van der Waals surface area contributed by atoms with Gasteiger partial charge >= 0.3 is 0 Å². The van der Waals surface area contributed by atoms with E-state index in [2.05, 4.69) is 5.32 Å². The van der Waals surface area contributed by atoms with Crippen LogP contribution in [0.15, 0.2) is 18.2 Å². The van der Waals surface area contributed by atoms with E-state index >= 15 is 0 Å². The van der Waals surface area contributed by atoms with Gasteiger partial charge in [0.05, 0.1) is 6.54 Å². The van der Waals surface area contributed by atoms with E-state index in [4.69, 9.17) is 17.3 Å². The molecule has 1 aromatic carbocycles. The molecule has 1 rings (SSSR count). The molecular weight excluding hydrogens is 238 g/mol. The van der Waals surface area contributed by atoms with E-state index < -0.39 is 0 Å². The zero-order chi connectivity index (χ0) is 12.8. The maximum atomic E-state index is 11.4. The van der Waals surface area contributed by atoms with Crippen molar-refractivity contribution in [3.05, 3.63) is 28.8 Å². The average molecular weight is 256 g/mol. The summed E-state index contributed by atoms with van der Waals surface area (Å²) >= 11 is 5.98. The lowest BCUT2D eigenvalue weighted by atomic mass is 10.1. The lowest BCUT2D eigenvalue weighted by Crippen LogP contribution is -2.36. The molecule has 0 aromatic heterocycles. The molecule has 1 aromatic rings. The van der Waals surface area contributed by atoms with Crippen molar-refractivity contribution in [1.82, 2.24) is 5.32 Å². The number of anilines is 1. The summed E-state index contributed by atoms with van der Waals surface area (Å²) in [5.74, 6) is -0.0326. The lowest BCUT2D eigenvalue weighted by Gasteiger charge is -2.24. The summed E-state index contributed by atoms with van der Waals surface area (Å²) in [5, 5.41) is 3.25. The number of nitrogens with zero attached hydrogens (tertiary/aromatic N) is 1. The summed E-state index contributed by atoms with van der Waals surface area (Å²) in [6, 6.07) is 5.54. The summed E-state index contributed by atoms with van der Waals surface area (Å²) in [7, 11) is 1.62. The van der Waals surface area contributed by atoms with E-state index in [0.717, 1.165) is 17.8 Å². The molecule has 1 amide bonds. The SMILES string of the molecule is CCN(CC(=O)NC)c1cc(Cl)ccc1CN. The molecule has 0 aliphatic carbocycles. The van der Waals surface area contributed by atoms with Gasteiger partial charge in [-0.05, 0) is 24.6 Å². The monoisotopic (exact) mass is 255 g/mol. The number of nitrogens with one attached hydrogen (secondary N) is 1. The Balaban J connectivity index is 3.01. The normalized spacial score (nSPS) is 10.1. The van der Waals surface area contributed by atoms with Crippen LogP contribution in [0.4, 0.5) is 5.69 Å². The Hall–Kier alpha value is -1.26. The highest BCUT2D eigenvalue weighted by Crippen LogP contribution is 2.24. The molecular formula is C12H18ClN3O. The molecule has 0 bridgehead atoms. The van der Waals surface area contributed by atoms with Crippen molar-refractivity contribution in [2.75, 3.05) is 25.0 Å². The van der Waals surface area contributed by atoms with Crippen LogP contribution in [0, 0.1) is 0 Å². The highest BCUT2D eigenvalue weighted by atomic mass is 35.5. The predicted molar refractivity (Wildman–Crippen MR) is 71.3 cm³/mol. The van der Waals surface area contributed by atoms with Crippen LogP contribution < -0.4 is 16.0 Å². The van der Waals surface area contributed by atoms with Crippen LogP contribution in [-0.2, 0) is 11.3 Å². The van der Waals surface area contributed by atoms with Crippen molar-refractivity contribution in [3.63, 3.8) is 0 Å². The summed E-state index contributed by atoms with van der Waals surface area (Å²) in [4.78, 5) is 13.4. The number of likely N-dealkylation sites (N-methyl/N-ethyl adjacent to an activating group) is 2. The molecule has 0 saturated carbocycles. The van der Waals surface area contributed by atoms with Crippen LogP contribution in [0.2, 0.25) is 5.02 Å². The second-order valence-electron chi connectivity index (χ2n) is 3.66. The Morgan fingerprint density at radius 2 is 2.24 bits per heavy atom. The quantitative estimate of drug-likeness (QED) is 0.836. The van der Waals surface area contributed by atoms with Crippen molar-refractivity contribution < 1.29 is 4.79 Å². The van der Waals surface area contributed by atoms with Gasteiger partial charge in [-0.1, -0.05) is 17.7 Å². The number of benzene rings is 1. The van der Waals surface area contributed by atoms with Crippen LogP contribution in [0.1, 0.15) is 12.5 Å². The van der Waals surface area contributed by atoms with Crippen molar-refractivity contribution in [2.24, 2.45) is 5.73 Å². The van der Waals surface area contributed by atoms with Crippen LogP contribution in [0.3, 0.4) is 0 Å². The second kappa shape index (κ2) is 6.47. The fourth-order valence-corrected chi connectivity index (χ4v) is 1.79. The topological polar surface area (TPSA) is 58.4 Å². The lowest BCUT2D eigenvalue weighted by molar-refractivity contribution is -0.119. The molecule has 0 aliphatic rings. The molecule has 0 spiro atoms. The number of carbonyl (C=O) groups excluding carboxylic acids is 1. The molecule has 0 heterocycles. The van der Waals surface area contributed by atoms with Crippen LogP contribution in [-0.4, -0.2) is 26.0 Å². The molecule has 94 valence electrons. The van der Waals surface area contributed by atoms with Crippen molar-refractivity contribution in [1.29, 1.82) is 0 Å². The standard InChI is InChI=1S/C12H18ClN3O/c1-3-16(8-12(17)15-2)11-6-10(13)5-4-9(11)7-14/h4-6H,3,7-8,14H2,1-2H3,(H,15,17). The van der Waals surface area contributed by atoms with Crippen molar-refractivity contribution in [2.45, 2.75) is 13.5 Å². The van der Waals surface area contributed by atoms with E-state index in [9.17, 15) is 4.79 Å². The Morgan fingerprint density at radius 1 is 1.53 bits per heavy atom. The van der Waals surface area contributed by atoms with Crippen LogP contribution >= 0.6 is 11.6 Å². The molecule has 5 heteroatoms. The van der Waals surface area contributed by atoms with Gasteiger partial charge in [0.1, 0.15) is 0 Å². The molecule has 3 N–H and O–H groups in total. The maximum absolute atomic E-state index is 11.4. The summed E-state index contributed by atoms with van der Waals surface area (Å²) in [6.07, 6.45) is 0. The predicted octanol–water partition coefficient (Wildman–Crippen LogP) is 1.37. The first-order valence-electron chi connectivity index (χ1n) is 5.56. The van der Waals surface area contributed by atoms with Gasteiger partial charge in [-0.2, -0.15) is 0 Å². The van der Waals surface area contributed by atoms with Crippen LogP contribution in [0.5, 0.6) is 0 Å². The zero-order valence-electron chi connectivity index (χ0n) is 10.2. The van der Waals surface area contributed by atoms with E-state index in [1.807, 2.05) is 24.0 Å². The van der Waals surface area contributed by atoms with Gasteiger partial charge in [0.15, 0.2) is 0 Å². The Kier molecular flexibility index (Phi) is 5.25. The Labute approximate surface area is 107 Å². The third-order valence-corrected chi connectivity index (χ3v) is 2.84. The molecule has 0 atom stereocenters. The molecule has 17 heavy (non-hydrogen) atoms. The van der Waals surface area contributed by atoms with Gasteiger partial charge in [0, 0.05) is 30.8 Å². The maximum Gasteiger partial charge on any atom is 0.239 e. The van der Waals surface area contributed by atoms with Crippen LogP contribution in [0.25, 0.3) is 0 Å². The number of amides is 1. The Morgan fingerprint density at radius 3 is 2.76 bits per heavy atom. The first-order chi connectivity index (χ1) is 8.12. The number of carbonyl (C=O) groups is 1. The largest absolute Gasteiger partial charge is 0.362 e. The number of halogens is 1. The fourth-order valence-electron chi connectivity index (χ4n) is 1.62. The van der Waals surface area contributed by atoms with Gasteiger partial charge in [0.25, 0.3) is 0 Å². The minimum absolute atomic E-state index is 0.0326. The van der Waals surface area contributed by atoms with Gasteiger partial charge in [0.2, 0.25) is 5.91 Å². The van der Waals surface area contributed by atoms with Gasteiger partial charge < -0.3 is 16.0 Å². The Bertz CT molecular complexity index is 395. The van der Waals surface area contributed by atoms with Crippen molar-refractivity contribution >= 4 is 23.2 Å². The minimum Gasteiger partial charge on any atom is -0.362 e. The number of rotatable bonds is 5. The summed E-state index contributed by atoms with van der Waals surface area (Å²) in [6.45, 7) is 3.45. The third kappa shape index (κ3) is 3.61. The smallest absolute Gasteiger partial charge is 0.239 e. The molecule has 0 fully saturated rings. The highest BCUT2D eigenvalue weighted by molar-refractivity contribution is 6.30. The highest BCUT2D eigenvalue weighted by Gasteiger charge is 2.12. The molecule has 0 unspecified atom stereocenters. The third-order valence-electron chi connectivity index (χ3n) is 2.60. The minimum atomic E-state index is -0.0326. The number of nitrogens with two attached hydrogens (primary N) is 1. The number of hydrogen-bond acceptors (Lipinski definition) is 3. The second-order valence-corrected chi connectivity index (χ2v) is 4.10. The zero-order valence-corrected chi connectivity index (χ0v) is 10.9. The molecule has 0 saturated heterocycles. The van der Waals surface area contributed by atoms with Gasteiger partial charge in [-0.25, -0.2) is 0 Å². The van der Waals surface area contributed by atoms with E-state index in [0.29, 0.717) is 18.1 Å². The number of hydrogen-bond donors (Lipinski definition) is 2. The molecule has 0 radical (unpaired) electrons. The van der Waals surface area contributed by atoms with E-state index in [1.165, 1.54) is 0 Å². The first kappa shape index (κ1) is 13.8. The first-order valence-corrected chi connectivity index (χ1v) is 5.94. The average Bonchev–Trinajstić information content (AvgIpc) is 2.35. The van der Waals surface area contributed by atoms with E-state index in [1.54, 1.807) is 13.1 Å². The fraction of sp³-hybridized carbons (Fsp3) is 0.417. The molecule has 4 nitrogen and oxygen atoms in total. The molecule has 0 aliphatic heterocycles. The van der Waals surface area contributed by atoms with E-state index in [-0.39, 0.29) is 5.91 Å². The summed E-state index contributed by atoms with van der Waals surface area (Å²) in [5.41, 5.74) is 7.59.